The maximum absolute atomic E-state index is 12.0. The molecule has 0 fully saturated rings. The summed E-state index contributed by atoms with van der Waals surface area (Å²) in [4.78, 5) is 33.5. The van der Waals surface area contributed by atoms with Gasteiger partial charge in [0.15, 0.2) is 0 Å². The van der Waals surface area contributed by atoms with E-state index in [4.69, 9.17) is 9.47 Å². The third-order valence-corrected chi connectivity index (χ3v) is 2.79. The van der Waals surface area contributed by atoms with Crippen LogP contribution >= 0.6 is 0 Å². The van der Waals surface area contributed by atoms with Crippen LogP contribution in [0.15, 0.2) is 18.2 Å². The van der Waals surface area contributed by atoms with Crippen molar-refractivity contribution in [2.75, 3.05) is 20.3 Å². The van der Waals surface area contributed by atoms with Crippen molar-refractivity contribution < 1.29 is 24.0 Å². The standard InChI is InChI=1S/C14H18N2O6/c1-3-22-13(17)5-4-8-15-14(18)11-9-10(21-2)6-7-12(11)16(19)20/h6-7,9H,3-5,8H2,1-2H3,(H,15,18). The number of amides is 1. The largest absolute Gasteiger partial charge is 0.497 e. The average molecular weight is 310 g/mol. The minimum Gasteiger partial charge on any atom is -0.497 e. The van der Waals surface area contributed by atoms with Crippen LogP contribution in [0.4, 0.5) is 5.69 Å². The van der Waals surface area contributed by atoms with E-state index < -0.39 is 10.8 Å². The van der Waals surface area contributed by atoms with Gasteiger partial charge in [-0.25, -0.2) is 0 Å². The molecule has 0 saturated heterocycles. The Labute approximate surface area is 127 Å². The molecule has 1 aromatic rings. The summed E-state index contributed by atoms with van der Waals surface area (Å²) in [5, 5.41) is 13.5. The minimum absolute atomic E-state index is 0.0829. The zero-order chi connectivity index (χ0) is 16.5. The first kappa shape index (κ1) is 17.4. The first-order chi connectivity index (χ1) is 10.5. The fourth-order valence-electron chi connectivity index (χ4n) is 1.75. The Hall–Kier alpha value is -2.64. The summed E-state index contributed by atoms with van der Waals surface area (Å²) in [7, 11) is 1.40. The highest BCUT2D eigenvalue weighted by Gasteiger charge is 2.20. The number of ether oxygens (including phenoxy) is 2. The zero-order valence-corrected chi connectivity index (χ0v) is 12.5. The van der Waals surface area contributed by atoms with Crippen molar-refractivity contribution in [2.45, 2.75) is 19.8 Å². The van der Waals surface area contributed by atoms with Gasteiger partial charge in [-0.2, -0.15) is 0 Å². The number of nitro benzene ring substituents is 1. The second-order valence-corrected chi connectivity index (χ2v) is 4.30. The molecule has 1 N–H and O–H groups in total. The van der Waals surface area contributed by atoms with Crippen molar-refractivity contribution in [2.24, 2.45) is 0 Å². The van der Waals surface area contributed by atoms with Gasteiger partial charge in [0.2, 0.25) is 0 Å². The SMILES string of the molecule is CCOC(=O)CCCNC(=O)c1cc(OC)ccc1[N+](=O)[O-]. The average Bonchev–Trinajstić information content (AvgIpc) is 2.50. The number of nitro groups is 1. The number of esters is 1. The van der Waals surface area contributed by atoms with Crippen molar-refractivity contribution in [1.82, 2.24) is 5.32 Å². The topological polar surface area (TPSA) is 108 Å². The summed E-state index contributed by atoms with van der Waals surface area (Å²) < 4.78 is 9.72. The van der Waals surface area contributed by atoms with E-state index in [2.05, 4.69) is 5.32 Å². The van der Waals surface area contributed by atoms with Crippen LogP contribution in [0.5, 0.6) is 5.75 Å². The van der Waals surface area contributed by atoms with E-state index in [0.717, 1.165) is 0 Å². The summed E-state index contributed by atoms with van der Waals surface area (Å²) in [6.45, 7) is 2.23. The molecular formula is C14H18N2O6. The molecule has 1 rings (SSSR count). The van der Waals surface area contributed by atoms with Gasteiger partial charge in [-0.3, -0.25) is 19.7 Å². The van der Waals surface area contributed by atoms with E-state index >= 15 is 0 Å². The highest BCUT2D eigenvalue weighted by atomic mass is 16.6. The second-order valence-electron chi connectivity index (χ2n) is 4.30. The maximum atomic E-state index is 12.0. The van der Waals surface area contributed by atoms with Gasteiger partial charge in [0.25, 0.3) is 11.6 Å². The van der Waals surface area contributed by atoms with Crippen molar-refractivity contribution in [3.63, 3.8) is 0 Å². The smallest absolute Gasteiger partial charge is 0.305 e. The quantitative estimate of drug-likeness (QED) is 0.339. The predicted octanol–water partition coefficient (Wildman–Crippen LogP) is 1.68. The lowest BCUT2D eigenvalue weighted by atomic mass is 10.1. The molecule has 22 heavy (non-hydrogen) atoms. The monoisotopic (exact) mass is 310 g/mol. The number of rotatable bonds is 8. The minimum atomic E-state index is -0.632. The number of nitrogens with one attached hydrogen (secondary N) is 1. The normalized spacial score (nSPS) is 9.91. The van der Waals surface area contributed by atoms with Crippen LogP contribution in [-0.2, 0) is 9.53 Å². The molecule has 1 aromatic carbocycles. The van der Waals surface area contributed by atoms with Crippen LogP contribution in [0, 0.1) is 10.1 Å². The van der Waals surface area contributed by atoms with Crippen molar-refractivity contribution in [1.29, 1.82) is 0 Å². The number of hydrogen-bond acceptors (Lipinski definition) is 6. The zero-order valence-electron chi connectivity index (χ0n) is 12.5. The summed E-state index contributed by atoms with van der Waals surface area (Å²) in [5.41, 5.74) is -0.385. The fourth-order valence-corrected chi connectivity index (χ4v) is 1.75. The molecule has 0 aliphatic rings. The van der Waals surface area contributed by atoms with Gasteiger partial charge in [-0.15, -0.1) is 0 Å². The molecule has 0 atom stereocenters. The van der Waals surface area contributed by atoms with E-state index in [-0.39, 0.29) is 30.2 Å². The Morgan fingerprint density at radius 3 is 2.68 bits per heavy atom. The van der Waals surface area contributed by atoms with Crippen LogP contribution in [-0.4, -0.2) is 37.1 Å². The Balaban J connectivity index is 2.64. The van der Waals surface area contributed by atoms with Crippen molar-refractivity contribution in [3.05, 3.63) is 33.9 Å². The lowest BCUT2D eigenvalue weighted by Gasteiger charge is -2.07. The first-order valence-corrected chi connectivity index (χ1v) is 6.75. The number of benzene rings is 1. The third kappa shape index (κ3) is 5.04. The molecule has 0 bridgehead atoms. The Bertz CT molecular complexity index is 558. The molecule has 120 valence electrons. The molecule has 0 aromatic heterocycles. The van der Waals surface area contributed by atoms with Gasteiger partial charge < -0.3 is 14.8 Å². The van der Waals surface area contributed by atoms with E-state index in [1.807, 2.05) is 0 Å². The van der Waals surface area contributed by atoms with Crippen molar-refractivity contribution in [3.8, 4) is 5.75 Å². The molecule has 0 spiro atoms. The van der Waals surface area contributed by atoms with Gasteiger partial charge in [-0.1, -0.05) is 0 Å². The van der Waals surface area contributed by atoms with Gasteiger partial charge in [0.05, 0.1) is 18.6 Å². The third-order valence-electron chi connectivity index (χ3n) is 2.79. The molecule has 8 nitrogen and oxygen atoms in total. The van der Waals surface area contributed by atoms with Gasteiger partial charge in [0.1, 0.15) is 11.3 Å². The van der Waals surface area contributed by atoms with Crippen LogP contribution in [0.25, 0.3) is 0 Å². The molecule has 0 aliphatic heterocycles. The maximum Gasteiger partial charge on any atom is 0.305 e. The highest BCUT2D eigenvalue weighted by Crippen LogP contribution is 2.23. The Morgan fingerprint density at radius 2 is 2.09 bits per heavy atom. The fraction of sp³-hybridized carbons (Fsp3) is 0.429. The summed E-state index contributed by atoms with van der Waals surface area (Å²) in [5.74, 6) is -0.583. The first-order valence-electron chi connectivity index (χ1n) is 6.75. The number of nitrogens with zero attached hydrogens (tertiary/aromatic N) is 1. The molecule has 8 heteroatoms. The van der Waals surface area contributed by atoms with Gasteiger partial charge in [0, 0.05) is 19.0 Å². The van der Waals surface area contributed by atoms with E-state index in [0.29, 0.717) is 18.8 Å². The molecule has 0 saturated carbocycles. The number of carbonyl (C=O) groups is 2. The van der Waals surface area contributed by atoms with Gasteiger partial charge >= 0.3 is 5.97 Å². The van der Waals surface area contributed by atoms with Crippen LogP contribution in [0.3, 0.4) is 0 Å². The van der Waals surface area contributed by atoms with E-state index in [1.165, 1.54) is 25.3 Å². The second kappa shape index (κ2) is 8.60. The molecule has 0 unspecified atom stereocenters. The van der Waals surface area contributed by atoms with Gasteiger partial charge in [-0.05, 0) is 25.5 Å². The number of hydrogen-bond donors (Lipinski definition) is 1. The molecular weight excluding hydrogens is 292 g/mol. The lowest BCUT2D eigenvalue weighted by Crippen LogP contribution is -2.25. The summed E-state index contributed by atoms with van der Waals surface area (Å²) in [6, 6.07) is 3.93. The predicted molar refractivity (Wildman–Crippen MR) is 77.8 cm³/mol. The molecule has 0 aliphatic carbocycles. The highest BCUT2D eigenvalue weighted by molar-refractivity contribution is 5.98. The lowest BCUT2D eigenvalue weighted by molar-refractivity contribution is -0.385. The van der Waals surface area contributed by atoms with E-state index in [9.17, 15) is 19.7 Å². The summed E-state index contributed by atoms with van der Waals surface area (Å²) >= 11 is 0. The Kier molecular flexibility index (Phi) is 6.81. The van der Waals surface area contributed by atoms with E-state index in [1.54, 1.807) is 6.92 Å². The number of carbonyl (C=O) groups excluding carboxylic acids is 2. The van der Waals surface area contributed by atoms with Crippen molar-refractivity contribution >= 4 is 17.6 Å². The van der Waals surface area contributed by atoms with Crippen LogP contribution < -0.4 is 10.1 Å². The molecule has 0 radical (unpaired) electrons. The Morgan fingerprint density at radius 1 is 1.36 bits per heavy atom. The van der Waals surface area contributed by atoms with Crippen LogP contribution in [0.1, 0.15) is 30.1 Å². The molecule has 1 amide bonds. The summed E-state index contributed by atoms with van der Waals surface area (Å²) in [6.07, 6.45) is 0.566. The molecule has 0 heterocycles. The van der Waals surface area contributed by atoms with Crippen LogP contribution in [0.2, 0.25) is 0 Å². The number of methoxy groups -OCH3 is 1.